The Morgan fingerprint density at radius 1 is 1.24 bits per heavy atom. The Labute approximate surface area is 120 Å². The predicted octanol–water partition coefficient (Wildman–Crippen LogP) is 1.85. The van der Waals surface area contributed by atoms with E-state index in [0.717, 1.165) is 0 Å². The summed E-state index contributed by atoms with van der Waals surface area (Å²) in [6.45, 7) is 0.118. The Morgan fingerprint density at radius 3 is 2.57 bits per heavy atom. The van der Waals surface area contributed by atoms with E-state index in [2.05, 4.69) is 0 Å². The number of nitro groups is 1. The second kappa shape index (κ2) is 5.91. The Hall–Kier alpha value is -3.09. The van der Waals surface area contributed by atoms with Gasteiger partial charge in [0, 0.05) is 6.07 Å². The molecule has 0 atom stereocenters. The Kier molecular flexibility index (Phi) is 4.03. The molecule has 0 aliphatic heterocycles. The van der Waals surface area contributed by atoms with Gasteiger partial charge in [-0.05, 0) is 29.8 Å². The van der Waals surface area contributed by atoms with Gasteiger partial charge in [0.05, 0.1) is 10.5 Å². The van der Waals surface area contributed by atoms with Crippen LogP contribution in [-0.4, -0.2) is 10.8 Å². The molecule has 7 nitrogen and oxygen atoms in total. The van der Waals surface area contributed by atoms with Crippen LogP contribution in [0.3, 0.4) is 0 Å². The summed E-state index contributed by atoms with van der Waals surface area (Å²) in [4.78, 5) is 21.4. The summed E-state index contributed by atoms with van der Waals surface area (Å²) in [6.07, 6.45) is 0. The Bertz CT molecular complexity index is 700. The third kappa shape index (κ3) is 3.27. The van der Waals surface area contributed by atoms with Crippen molar-refractivity contribution >= 4 is 17.3 Å². The maximum Gasteiger partial charge on any atom is 0.292 e. The van der Waals surface area contributed by atoms with Crippen molar-refractivity contribution in [1.82, 2.24) is 0 Å². The van der Waals surface area contributed by atoms with Crippen LogP contribution in [0, 0.1) is 10.1 Å². The van der Waals surface area contributed by atoms with Gasteiger partial charge in [0.2, 0.25) is 0 Å². The van der Waals surface area contributed by atoms with Gasteiger partial charge in [0.1, 0.15) is 18.0 Å². The minimum Gasteiger partial charge on any atom is -0.488 e. The number of nitrogens with two attached hydrogens (primary N) is 2. The summed E-state index contributed by atoms with van der Waals surface area (Å²) in [5.74, 6) is -0.240. The molecule has 0 aliphatic rings. The fourth-order valence-electron chi connectivity index (χ4n) is 1.82. The fourth-order valence-corrected chi connectivity index (χ4v) is 1.82. The van der Waals surface area contributed by atoms with Crippen LogP contribution in [0.5, 0.6) is 5.75 Å². The lowest BCUT2D eigenvalue weighted by molar-refractivity contribution is -0.383. The van der Waals surface area contributed by atoms with Crippen LogP contribution in [0.4, 0.5) is 11.4 Å². The molecule has 2 aromatic carbocycles. The number of hydrogen-bond acceptors (Lipinski definition) is 5. The first kappa shape index (κ1) is 14.3. The Morgan fingerprint density at radius 2 is 1.95 bits per heavy atom. The van der Waals surface area contributed by atoms with Gasteiger partial charge in [-0.3, -0.25) is 14.9 Å². The van der Waals surface area contributed by atoms with Crippen molar-refractivity contribution in [3.63, 3.8) is 0 Å². The van der Waals surface area contributed by atoms with Crippen molar-refractivity contribution in [1.29, 1.82) is 0 Å². The highest BCUT2D eigenvalue weighted by atomic mass is 16.6. The average Bonchev–Trinajstić information content (AvgIpc) is 2.45. The van der Waals surface area contributed by atoms with Crippen molar-refractivity contribution in [3.05, 3.63) is 63.7 Å². The molecule has 1 amide bonds. The van der Waals surface area contributed by atoms with Crippen LogP contribution in [-0.2, 0) is 6.61 Å². The first-order chi connectivity index (χ1) is 9.99. The number of rotatable bonds is 5. The van der Waals surface area contributed by atoms with E-state index in [1.54, 1.807) is 30.3 Å². The van der Waals surface area contributed by atoms with E-state index in [1.165, 1.54) is 12.1 Å². The zero-order chi connectivity index (χ0) is 15.4. The summed E-state index contributed by atoms with van der Waals surface area (Å²) >= 11 is 0. The number of nitrogen functional groups attached to an aromatic ring is 1. The lowest BCUT2D eigenvalue weighted by Gasteiger charge is -2.09. The number of carbonyl (C=O) groups is 1. The molecule has 0 saturated heterocycles. The van der Waals surface area contributed by atoms with Crippen LogP contribution in [0.1, 0.15) is 15.9 Å². The largest absolute Gasteiger partial charge is 0.488 e. The van der Waals surface area contributed by atoms with Crippen molar-refractivity contribution in [2.75, 3.05) is 5.73 Å². The number of benzene rings is 2. The number of para-hydroxylation sites is 1. The number of carbonyl (C=O) groups excluding carboxylic acids is 1. The number of anilines is 1. The van der Waals surface area contributed by atoms with Crippen LogP contribution >= 0.6 is 0 Å². The van der Waals surface area contributed by atoms with E-state index in [9.17, 15) is 14.9 Å². The second-order valence-corrected chi connectivity index (χ2v) is 4.30. The smallest absolute Gasteiger partial charge is 0.292 e. The van der Waals surface area contributed by atoms with E-state index < -0.39 is 10.8 Å². The van der Waals surface area contributed by atoms with Gasteiger partial charge >= 0.3 is 0 Å². The van der Waals surface area contributed by atoms with E-state index >= 15 is 0 Å². The van der Waals surface area contributed by atoms with Crippen molar-refractivity contribution in [3.8, 4) is 5.75 Å². The molecular weight excluding hydrogens is 274 g/mol. The summed E-state index contributed by atoms with van der Waals surface area (Å²) in [5.41, 5.74) is 11.7. The van der Waals surface area contributed by atoms with E-state index in [0.29, 0.717) is 11.3 Å². The van der Waals surface area contributed by atoms with Crippen molar-refractivity contribution < 1.29 is 14.5 Å². The van der Waals surface area contributed by atoms with Crippen LogP contribution in [0.25, 0.3) is 0 Å². The molecule has 0 aromatic heterocycles. The molecular formula is C14H13N3O4. The zero-order valence-corrected chi connectivity index (χ0v) is 11.0. The van der Waals surface area contributed by atoms with Gasteiger partial charge in [-0.1, -0.05) is 12.1 Å². The molecule has 0 radical (unpaired) electrons. The molecule has 0 spiro atoms. The highest BCUT2D eigenvalue weighted by Gasteiger charge is 2.12. The molecule has 0 fully saturated rings. The summed E-state index contributed by atoms with van der Waals surface area (Å²) in [6, 6.07) is 10.9. The summed E-state index contributed by atoms with van der Waals surface area (Å²) in [7, 11) is 0. The third-order valence-electron chi connectivity index (χ3n) is 2.84. The van der Waals surface area contributed by atoms with Crippen LogP contribution in [0.2, 0.25) is 0 Å². The summed E-state index contributed by atoms with van der Waals surface area (Å²) < 4.78 is 5.51. The SMILES string of the molecule is NC(=O)c1ccccc1OCc1ccc([N+](=O)[O-])c(N)c1. The molecule has 2 aromatic rings. The fraction of sp³-hybridized carbons (Fsp3) is 0.0714. The first-order valence-corrected chi connectivity index (χ1v) is 6.03. The molecule has 21 heavy (non-hydrogen) atoms. The van der Waals surface area contributed by atoms with Gasteiger partial charge in [0.25, 0.3) is 11.6 Å². The molecule has 0 bridgehead atoms. The normalized spacial score (nSPS) is 10.1. The second-order valence-electron chi connectivity index (χ2n) is 4.30. The lowest BCUT2D eigenvalue weighted by Crippen LogP contribution is -2.13. The number of amides is 1. The van der Waals surface area contributed by atoms with Crippen molar-refractivity contribution in [2.24, 2.45) is 5.73 Å². The van der Waals surface area contributed by atoms with Crippen LogP contribution in [0.15, 0.2) is 42.5 Å². The lowest BCUT2D eigenvalue weighted by atomic mass is 10.1. The quantitative estimate of drug-likeness (QED) is 0.493. The van der Waals surface area contributed by atoms with E-state index in [1.807, 2.05) is 0 Å². The predicted molar refractivity (Wildman–Crippen MR) is 76.8 cm³/mol. The highest BCUT2D eigenvalue weighted by Crippen LogP contribution is 2.24. The van der Waals surface area contributed by atoms with Crippen LogP contribution < -0.4 is 16.2 Å². The molecule has 0 heterocycles. The van der Waals surface area contributed by atoms with Gasteiger partial charge in [-0.25, -0.2) is 0 Å². The molecule has 0 unspecified atom stereocenters. The maximum absolute atomic E-state index is 11.3. The topological polar surface area (TPSA) is 121 Å². The molecule has 0 aliphatic carbocycles. The third-order valence-corrected chi connectivity index (χ3v) is 2.84. The first-order valence-electron chi connectivity index (χ1n) is 6.03. The molecule has 7 heteroatoms. The number of nitrogens with zero attached hydrogens (tertiary/aromatic N) is 1. The monoisotopic (exact) mass is 287 g/mol. The van der Waals surface area contributed by atoms with Crippen molar-refractivity contribution in [2.45, 2.75) is 6.61 Å². The number of ether oxygens (including phenoxy) is 1. The number of primary amides is 1. The minimum atomic E-state index is -0.589. The molecule has 108 valence electrons. The summed E-state index contributed by atoms with van der Waals surface area (Å²) in [5, 5.41) is 10.7. The van der Waals surface area contributed by atoms with Gasteiger partial charge in [0.15, 0.2) is 0 Å². The molecule has 2 rings (SSSR count). The number of nitro benzene ring substituents is 1. The van der Waals surface area contributed by atoms with Gasteiger partial charge in [-0.2, -0.15) is 0 Å². The molecule has 4 N–H and O–H groups in total. The standard InChI is InChI=1S/C14H13N3O4/c15-11-7-9(5-6-12(11)17(19)20)8-21-13-4-2-1-3-10(13)14(16)18/h1-7H,8,15H2,(H2,16,18). The molecule has 0 saturated carbocycles. The highest BCUT2D eigenvalue weighted by molar-refractivity contribution is 5.95. The zero-order valence-electron chi connectivity index (χ0n) is 11.0. The maximum atomic E-state index is 11.3. The van der Waals surface area contributed by atoms with Gasteiger partial charge in [-0.15, -0.1) is 0 Å². The minimum absolute atomic E-state index is 0.0595. The van der Waals surface area contributed by atoms with E-state index in [-0.39, 0.29) is 23.5 Å². The number of hydrogen-bond donors (Lipinski definition) is 2. The van der Waals surface area contributed by atoms with E-state index in [4.69, 9.17) is 16.2 Å². The Balaban J connectivity index is 2.16. The average molecular weight is 287 g/mol. The van der Waals surface area contributed by atoms with Gasteiger partial charge < -0.3 is 16.2 Å².